The Hall–Kier alpha value is -1.85. The van der Waals surface area contributed by atoms with Crippen LogP contribution in [0.1, 0.15) is 38.5 Å². The summed E-state index contributed by atoms with van der Waals surface area (Å²) in [7, 11) is 0. The van der Waals surface area contributed by atoms with Crippen molar-refractivity contribution in [3.63, 3.8) is 0 Å². The Morgan fingerprint density at radius 2 is 1.90 bits per heavy atom. The third-order valence-corrected chi connectivity index (χ3v) is 5.27. The molecule has 0 spiro atoms. The quantitative estimate of drug-likeness (QED) is 0.888. The molecule has 3 N–H and O–H groups in total. The molecule has 4 fully saturated rings. The molecule has 2 unspecified atom stereocenters. The zero-order valence-corrected chi connectivity index (χ0v) is 11.9. The van der Waals surface area contributed by atoms with Crippen LogP contribution in [0, 0.1) is 11.8 Å². The molecule has 0 aliphatic heterocycles. The van der Waals surface area contributed by atoms with E-state index in [9.17, 15) is 4.79 Å². The highest BCUT2D eigenvalue weighted by molar-refractivity contribution is 5.65. The Morgan fingerprint density at radius 1 is 1.24 bits per heavy atom. The van der Waals surface area contributed by atoms with Gasteiger partial charge in [-0.3, -0.25) is 0 Å². The fourth-order valence-corrected chi connectivity index (χ4v) is 5.26. The van der Waals surface area contributed by atoms with Crippen molar-refractivity contribution in [2.45, 2.75) is 49.7 Å². The second kappa shape index (κ2) is 4.32. The maximum atomic E-state index is 11.3. The van der Waals surface area contributed by atoms with E-state index in [1.54, 1.807) is 12.4 Å². The minimum Gasteiger partial charge on any atom is -0.443 e. The van der Waals surface area contributed by atoms with Crippen molar-refractivity contribution in [2.75, 3.05) is 5.32 Å². The summed E-state index contributed by atoms with van der Waals surface area (Å²) in [6.45, 7) is 0. The summed E-state index contributed by atoms with van der Waals surface area (Å²) >= 11 is 0. The minimum atomic E-state index is -0.650. The van der Waals surface area contributed by atoms with Crippen molar-refractivity contribution in [3.05, 3.63) is 18.5 Å². The van der Waals surface area contributed by atoms with Crippen molar-refractivity contribution < 1.29 is 9.53 Å². The predicted octanol–water partition coefficient (Wildman–Crippen LogP) is 2.08. The van der Waals surface area contributed by atoms with Crippen molar-refractivity contribution in [1.29, 1.82) is 0 Å². The summed E-state index contributed by atoms with van der Waals surface area (Å²) in [6, 6.07) is 1.81. The van der Waals surface area contributed by atoms with Crippen LogP contribution in [0.15, 0.2) is 18.5 Å². The van der Waals surface area contributed by atoms with Crippen molar-refractivity contribution in [2.24, 2.45) is 17.6 Å². The lowest BCUT2D eigenvalue weighted by Crippen LogP contribution is -2.63. The molecule has 4 aliphatic carbocycles. The van der Waals surface area contributed by atoms with Gasteiger partial charge in [0.05, 0.1) is 0 Å². The average Bonchev–Trinajstić information content (AvgIpc) is 2.35. The van der Waals surface area contributed by atoms with Gasteiger partial charge < -0.3 is 15.8 Å². The monoisotopic (exact) mass is 288 g/mol. The number of primary amides is 1. The molecule has 0 aromatic carbocycles. The fraction of sp³-hybridized carbons (Fsp3) is 0.667. The van der Waals surface area contributed by atoms with E-state index in [4.69, 9.17) is 10.5 Å². The molecule has 6 heteroatoms. The summed E-state index contributed by atoms with van der Waals surface area (Å²) in [6.07, 6.45) is 8.99. The summed E-state index contributed by atoms with van der Waals surface area (Å²) in [5.41, 5.74) is 4.87. The minimum absolute atomic E-state index is 0.0547. The number of nitrogens with two attached hydrogens (primary N) is 1. The first kappa shape index (κ1) is 12.9. The molecule has 1 aromatic heterocycles. The van der Waals surface area contributed by atoms with Crippen molar-refractivity contribution >= 4 is 12.0 Å². The van der Waals surface area contributed by atoms with Gasteiger partial charge in [0.2, 0.25) is 5.95 Å². The summed E-state index contributed by atoms with van der Waals surface area (Å²) in [5.74, 6) is 1.86. The molecule has 0 saturated heterocycles. The number of amides is 1. The number of ether oxygens (including phenoxy) is 1. The zero-order chi connectivity index (χ0) is 14.5. The zero-order valence-electron chi connectivity index (χ0n) is 11.9. The number of nitrogens with zero attached hydrogens (tertiary/aromatic N) is 2. The summed E-state index contributed by atoms with van der Waals surface area (Å²) < 4.78 is 5.57. The third kappa shape index (κ3) is 2.22. The van der Waals surface area contributed by atoms with Crippen LogP contribution in [0.5, 0.6) is 0 Å². The Morgan fingerprint density at radius 3 is 2.52 bits per heavy atom. The molecule has 6 nitrogen and oxygen atoms in total. The topological polar surface area (TPSA) is 90.1 Å². The van der Waals surface area contributed by atoms with E-state index in [2.05, 4.69) is 15.3 Å². The lowest BCUT2D eigenvalue weighted by Gasteiger charge is -2.61. The standard InChI is InChI=1S/C15H20N4O2/c16-12(20)21-15-7-10-4-11(8-15)6-14(5-10,9-15)19-13-17-2-1-3-18-13/h1-3,10-11H,4-9H2,(H2,16,20)(H,17,18,19). The van der Waals surface area contributed by atoms with Crippen LogP contribution in [0.25, 0.3) is 0 Å². The van der Waals surface area contributed by atoms with Crippen LogP contribution in [-0.4, -0.2) is 27.2 Å². The van der Waals surface area contributed by atoms with E-state index >= 15 is 0 Å². The second-order valence-electron chi connectivity index (χ2n) is 7.04. The Kier molecular flexibility index (Phi) is 2.65. The number of anilines is 1. The predicted molar refractivity (Wildman–Crippen MR) is 76.5 cm³/mol. The highest BCUT2D eigenvalue weighted by Gasteiger charge is 2.59. The number of carbonyl (C=O) groups excluding carboxylic acids is 1. The number of rotatable bonds is 3. The molecular formula is C15H20N4O2. The number of hydrogen-bond acceptors (Lipinski definition) is 5. The van der Waals surface area contributed by atoms with Gasteiger partial charge in [0.15, 0.2) is 0 Å². The average molecular weight is 288 g/mol. The second-order valence-corrected chi connectivity index (χ2v) is 7.04. The van der Waals surface area contributed by atoms with Gasteiger partial charge in [-0.25, -0.2) is 14.8 Å². The molecule has 1 aromatic rings. The first-order valence-electron chi connectivity index (χ1n) is 7.60. The highest BCUT2D eigenvalue weighted by atomic mass is 16.6. The molecule has 5 rings (SSSR count). The smallest absolute Gasteiger partial charge is 0.405 e. The van der Waals surface area contributed by atoms with Crippen LogP contribution in [0.4, 0.5) is 10.7 Å². The van der Waals surface area contributed by atoms with Gasteiger partial charge >= 0.3 is 6.09 Å². The van der Waals surface area contributed by atoms with Crippen molar-refractivity contribution in [3.8, 4) is 0 Å². The lowest BCUT2D eigenvalue weighted by atomic mass is 9.51. The maximum absolute atomic E-state index is 11.3. The SMILES string of the molecule is NC(=O)OC12CC3CC(CC(Nc4ncccn4)(C3)C1)C2. The fourth-order valence-electron chi connectivity index (χ4n) is 5.26. The van der Waals surface area contributed by atoms with Gasteiger partial charge in [-0.1, -0.05) is 0 Å². The van der Waals surface area contributed by atoms with Crippen LogP contribution < -0.4 is 11.1 Å². The maximum Gasteiger partial charge on any atom is 0.405 e. The van der Waals surface area contributed by atoms with E-state index in [-0.39, 0.29) is 11.1 Å². The molecule has 0 radical (unpaired) electrons. The van der Waals surface area contributed by atoms with E-state index in [0.717, 1.165) is 32.1 Å². The van der Waals surface area contributed by atoms with Gasteiger partial charge in [-0.05, 0) is 50.0 Å². The molecule has 4 saturated carbocycles. The van der Waals surface area contributed by atoms with Gasteiger partial charge in [0.1, 0.15) is 5.60 Å². The van der Waals surface area contributed by atoms with E-state index in [1.807, 2.05) is 6.07 Å². The summed E-state index contributed by atoms with van der Waals surface area (Å²) in [4.78, 5) is 19.9. The molecule has 112 valence electrons. The Labute approximate surface area is 123 Å². The normalized spacial score (nSPS) is 40.0. The first-order valence-corrected chi connectivity index (χ1v) is 7.60. The van der Waals surface area contributed by atoms with E-state index < -0.39 is 6.09 Å². The number of nitrogens with one attached hydrogen (secondary N) is 1. The van der Waals surface area contributed by atoms with E-state index in [1.165, 1.54) is 6.42 Å². The van der Waals surface area contributed by atoms with E-state index in [0.29, 0.717) is 17.8 Å². The molecule has 2 atom stereocenters. The third-order valence-electron chi connectivity index (χ3n) is 5.27. The number of carbonyl (C=O) groups is 1. The molecule has 1 amide bonds. The summed E-state index contributed by atoms with van der Waals surface area (Å²) in [5, 5.41) is 3.53. The number of aromatic nitrogens is 2. The van der Waals surface area contributed by atoms with Crippen LogP contribution in [0.2, 0.25) is 0 Å². The van der Waals surface area contributed by atoms with Crippen molar-refractivity contribution in [1.82, 2.24) is 9.97 Å². The molecule has 21 heavy (non-hydrogen) atoms. The number of hydrogen-bond donors (Lipinski definition) is 2. The van der Waals surface area contributed by atoms with Gasteiger partial charge in [-0.2, -0.15) is 0 Å². The highest BCUT2D eigenvalue weighted by Crippen LogP contribution is 2.59. The van der Waals surface area contributed by atoms with Crippen LogP contribution in [0.3, 0.4) is 0 Å². The van der Waals surface area contributed by atoms with Gasteiger partial charge in [0, 0.05) is 24.4 Å². The molecule has 1 heterocycles. The molecule has 4 bridgehead atoms. The Balaban J connectivity index is 1.62. The lowest BCUT2D eigenvalue weighted by molar-refractivity contribution is -0.128. The molecular weight excluding hydrogens is 268 g/mol. The van der Waals surface area contributed by atoms with Crippen LogP contribution in [-0.2, 0) is 4.74 Å². The Bertz CT molecular complexity index is 548. The molecule has 4 aliphatic rings. The van der Waals surface area contributed by atoms with Gasteiger partial charge in [0.25, 0.3) is 0 Å². The first-order chi connectivity index (χ1) is 10.1. The van der Waals surface area contributed by atoms with Gasteiger partial charge in [-0.15, -0.1) is 0 Å². The van der Waals surface area contributed by atoms with Crippen LogP contribution >= 0.6 is 0 Å². The largest absolute Gasteiger partial charge is 0.443 e.